The lowest BCUT2D eigenvalue weighted by Gasteiger charge is -2.27. The fourth-order valence-electron chi connectivity index (χ4n) is 3.69. The third-order valence-corrected chi connectivity index (χ3v) is 5.18. The van der Waals surface area contributed by atoms with Crippen LogP contribution in [0.1, 0.15) is 41.6 Å². The maximum absolute atomic E-state index is 13.3. The van der Waals surface area contributed by atoms with Crippen molar-refractivity contribution in [1.82, 2.24) is 5.32 Å². The summed E-state index contributed by atoms with van der Waals surface area (Å²) in [5, 5.41) is 2.19. The van der Waals surface area contributed by atoms with Crippen LogP contribution in [0.5, 0.6) is 5.75 Å². The highest BCUT2D eigenvalue weighted by molar-refractivity contribution is 6.06. The second-order valence-electron chi connectivity index (χ2n) is 6.95. The van der Waals surface area contributed by atoms with E-state index in [0.29, 0.717) is 24.2 Å². The highest BCUT2D eigenvalue weighted by atomic mass is 19.1. The molecule has 0 unspecified atom stereocenters. The molecule has 29 heavy (non-hydrogen) atoms. The molecule has 1 saturated carbocycles. The molecule has 2 aromatic carbocycles. The number of halogens is 1. The normalized spacial score (nSPS) is 14.8. The number of hydrogen-bond donors (Lipinski definition) is 1. The average Bonchev–Trinajstić information content (AvgIpc) is 3.23. The first-order chi connectivity index (χ1) is 14.0. The van der Waals surface area contributed by atoms with Crippen molar-refractivity contribution in [2.45, 2.75) is 31.1 Å². The molecule has 0 atom stereocenters. The van der Waals surface area contributed by atoms with Crippen molar-refractivity contribution in [1.29, 1.82) is 0 Å². The van der Waals surface area contributed by atoms with Crippen molar-refractivity contribution >= 4 is 17.8 Å². The molecular weight excluding hydrogens is 377 g/mol. The van der Waals surface area contributed by atoms with Crippen molar-refractivity contribution in [3.05, 3.63) is 65.5 Å². The van der Waals surface area contributed by atoms with Gasteiger partial charge in [-0.05, 0) is 42.7 Å². The number of benzene rings is 2. The van der Waals surface area contributed by atoms with Gasteiger partial charge in [0.05, 0.1) is 18.1 Å². The Labute approximate surface area is 168 Å². The molecule has 2 aromatic rings. The summed E-state index contributed by atoms with van der Waals surface area (Å²) in [6, 6.07) is 12.2. The smallest absolute Gasteiger partial charge is 0.317 e. The van der Waals surface area contributed by atoms with Gasteiger partial charge in [0.1, 0.15) is 11.6 Å². The minimum absolute atomic E-state index is 0.202. The summed E-state index contributed by atoms with van der Waals surface area (Å²) < 4.78 is 23.6. The van der Waals surface area contributed by atoms with E-state index >= 15 is 0 Å². The van der Waals surface area contributed by atoms with Gasteiger partial charge < -0.3 is 9.47 Å². The van der Waals surface area contributed by atoms with Crippen LogP contribution >= 0.6 is 0 Å². The monoisotopic (exact) mass is 399 g/mol. The molecular formula is C22H22FNO5. The zero-order valence-electron chi connectivity index (χ0n) is 16.1. The Morgan fingerprint density at radius 3 is 2.34 bits per heavy atom. The van der Waals surface area contributed by atoms with Crippen LogP contribution in [0, 0.1) is 5.82 Å². The molecule has 1 fully saturated rings. The lowest BCUT2D eigenvalue weighted by atomic mass is 9.79. The number of rotatable bonds is 6. The van der Waals surface area contributed by atoms with E-state index in [1.54, 1.807) is 30.3 Å². The van der Waals surface area contributed by atoms with Crippen molar-refractivity contribution in [3.8, 4) is 5.75 Å². The molecule has 0 saturated heterocycles. The highest BCUT2D eigenvalue weighted by Crippen LogP contribution is 2.42. The Bertz CT molecular complexity index is 904. The summed E-state index contributed by atoms with van der Waals surface area (Å²) in [7, 11) is 1.42. The molecule has 152 valence electrons. The van der Waals surface area contributed by atoms with E-state index in [9.17, 15) is 18.8 Å². The van der Waals surface area contributed by atoms with Gasteiger partial charge in [0, 0.05) is 0 Å². The number of carbonyl (C=O) groups is 3. The number of carbonyl (C=O) groups excluding carboxylic acids is 3. The Kier molecular flexibility index (Phi) is 6.26. The van der Waals surface area contributed by atoms with E-state index < -0.39 is 29.8 Å². The van der Waals surface area contributed by atoms with Crippen molar-refractivity contribution in [2.75, 3.05) is 13.7 Å². The first-order valence-electron chi connectivity index (χ1n) is 9.37. The van der Waals surface area contributed by atoms with E-state index in [0.717, 1.165) is 12.8 Å². The fourth-order valence-corrected chi connectivity index (χ4v) is 3.69. The first kappa shape index (κ1) is 20.5. The molecule has 1 aliphatic carbocycles. The zero-order chi connectivity index (χ0) is 20.9. The molecule has 0 aliphatic heterocycles. The Hall–Kier alpha value is -3.22. The molecule has 0 spiro atoms. The minimum Gasteiger partial charge on any atom is -0.496 e. The summed E-state index contributed by atoms with van der Waals surface area (Å²) in [5.74, 6) is -1.97. The van der Waals surface area contributed by atoms with Gasteiger partial charge in [-0.15, -0.1) is 0 Å². The highest BCUT2D eigenvalue weighted by Gasteiger charge is 2.44. The number of amides is 2. The Morgan fingerprint density at radius 2 is 1.69 bits per heavy atom. The van der Waals surface area contributed by atoms with Gasteiger partial charge in [0.15, 0.2) is 6.61 Å². The van der Waals surface area contributed by atoms with Crippen LogP contribution < -0.4 is 10.1 Å². The third kappa shape index (κ3) is 4.45. The number of ether oxygens (including phenoxy) is 2. The quantitative estimate of drug-likeness (QED) is 0.755. The van der Waals surface area contributed by atoms with Crippen molar-refractivity contribution < 1.29 is 28.2 Å². The largest absolute Gasteiger partial charge is 0.496 e. The van der Waals surface area contributed by atoms with Crippen LogP contribution in [0.4, 0.5) is 4.39 Å². The Morgan fingerprint density at radius 1 is 1.03 bits per heavy atom. The summed E-state index contributed by atoms with van der Waals surface area (Å²) >= 11 is 0. The van der Waals surface area contributed by atoms with Gasteiger partial charge in [0.25, 0.3) is 11.8 Å². The molecule has 1 aliphatic rings. The number of para-hydroxylation sites is 1. The Balaban J connectivity index is 1.63. The van der Waals surface area contributed by atoms with Gasteiger partial charge in [-0.2, -0.15) is 0 Å². The van der Waals surface area contributed by atoms with Crippen LogP contribution in [0.15, 0.2) is 48.5 Å². The number of nitrogens with one attached hydrogen (secondary N) is 1. The van der Waals surface area contributed by atoms with E-state index in [-0.39, 0.29) is 11.4 Å². The number of esters is 1. The summed E-state index contributed by atoms with van der Waals surface area (Å²) in [4.78, 5) is 37.2. The zero-order valence-corrected chi connectivity index (χ0v) is 16.1. The number of hydrogen-bond acceptors (Lipinski definition) is 5. The first-order valence-corrected chi connectivity index (χ1v) is 9.37. The van der Waals surface area contributed by atoms with Gasteiger partial charge in [-0.3, -0.25) is 19.7 Å². The summed E-state index contributed by atoms with van der Waals surface area (Å²) in [6.07, 6.45) is 2.81. The average molecular weight is 399 g/mol. The third-order valence-electron chi connectivity index (χ3n) is 5.18. The number of imide groups is 1. The second-order valence-corrected chi connectivity index (χ2v) is 6.95. The molecule has 0 aromatic heterocycles. The molecule has 1 N–H and O–H groups in total. The molecule has 2 amide bonds. The molecule has 3 rings (SSSR count). The van der Waals surface area contributed by atoms with E-state index in [1.165, 1.54) is 25.3 Å². The van der Waals surface area contributed by atoms with Crippen molar-refractivity contribution in [3.63, 3.8) is 0 Å². The topological polar surface area (TPSA) is 81.7 Å². The van der Waals surface area contributed by atoms with Gasteiger partial charge in [0.2, 0.25) is 0 Å². The molecule has 7 heteroatoms. The summed E-state index contributed by atoms with van der Waals surface area (Å²) in [5.41, 5.74) is -0.0131. The van der Waals surface area contributed by atoms with Gasteiger partial charge >= 0.3 is 5.97 Å². The van der Waals surface area contributed by atoms with Crippen LogP contribution in [0.25, 0.3) is 0 Å². The maximum atomic E-state index is 13.3. The minimum atomic E-state index is -0.888. The molecule has 0 bridgehead atoms. The van der Waals surface area contributed by atoms with Crippen molar-refractivity contribution in [2.24, 2.45) is 0 Å². The SMILES string of the molecule is COc1ccccc1C(=O)NC(=O)COC(=O)C1(c2ccc(F)cc2)CCCC1. The van der Waals surface area contributed by atoms with Crippen LogP contribution in [0.3, 0.4) is 0 Å². The lowest BCUT2D eigenvalue weighted by Crippen LogP contribution is -2.39. The fraction of sp³-hybridized carbons (Fsp3) is 0.318. The second kappa shape index (κ2) is 8.86. The van der Waals surface area contributed by atoms with Crippen LogP contribution in [-0.2, 0) is 19.7 Å². The predicted octanol–water partition coefficient (Wildman–Crippen LogP) is 3.15. The molecule has 0 radical (unpaired) electrons. The molecule has 6 nitrogen and oxygen atoms in total. The van der Waals surface area contributed by atoms with E-state index in [1.807, 2.05) is 0 Å². The van der Waals surface area contributed by atoms with Gasteiger partial charge in [-0.25, -0.2) is 4.39 Å². The van der Waals surface area contributed by atoms with E-state index in [2.05, 4.69) is 5.32 Å². The van der Waals surface area contributed by atoms with Gasteiger partial charge in [-0.1, -0.05) is 37.1 Å². The lowest BCUT2D eigenvalue weighted by molar-refractivity contribution is -0.154. The maximum Gasteiger partial charge on any atom is 0.317 e. The standard InChI is InChI=1S/C22H22FNO5/c1-28-18-7-3-2-6-17(18)20(26)24-19(25)14-29-21(27)22(12-4-5-13-22)15-8-10-16(23)11-9-15/h2-3,6-11H,4-5,12-14H2,1H3,(H,24,25,26). The summed E-state index contributed by atoms with van der Waals surface area (Å²) in [6.45, 7) is -0.581. The van der Waals surface area contributed by atoms with Crippen LogP contribution in [0.2, 0.25) is 0 Å². The van der Waals surface area contributed by atoms with Crippen LogP contribution in [-0.4, -0.2) is 31.5 Å². The number of methoxy groups -OCH3 is 1. The van der Waals surface area contributed by atoms with E-state index in [4.69, 9.17) is 9.47 Å². The predicted molar refractivity (Wildman–Crippen MR) is 103 cm³/mol. The molecule has 0 heterocycles.